The lowest BCUT2D eigenvalue weighted by molar-refractivity contribution is -0.120. The summed E-state index contributed by atoms with van der Waals surface area (Å²) in [6, 6.07) is 4.48. The fourth-order valence-corrected chi connectivity index (χ4v) is 2.41. The Morgan fingerprint density at radius 3 is 2.16 bits per heavy atom. The number of amides is 2. The van der Waals surface area contributed by atoms with Crippen LogP contribution in [0.5, 0.6) is 0 Å². The lowest BCUT2D eigenvalue weighted by atomic mass is 10.1. The molecule has 19 heavy (non-hydrogen) atoms. The van der Waals surface area contributed by atoms with Crippen molar-refractivity contribution >= 4 is 39.4 Å². The van der Waals surface area contributed by atoms with Crippen molar-refractivity contribution in [1.82, 2.24) is 0 Å². The zero-order chi connectivity index (χ0) is 14.3. The van der Waals surface area contributed by atoms with Crippen molar-refractivity contribution < 1.29 is 19.5 Å². The highest BCUT2D eigenvalue weighted by Gasteiger charge is 2.37. The molecule has 0 aromatic heterocycles. The van der Waals surface area contributed by atoms with Crippen molar-refractivity contribution in [3.05, 3.63) is 39.4 Å². The first kappa shape index (κ1) is 13.5. The molecule has 1 heterocycles. The van der Waals surface area contributed by atoms with Gasteiger partial charge in [0.2, 0.25) is 0 Å². The largest absolute Gasteiger partial charge is 0.478 e. The number of aromatic carboxylic acids is 1. The molecule has 0 spiro atoms. The highest BCUT2D eigenvalue weighted by Crippen LogP contribution is 2.35. The smallest absolute Gasteiger partial charge is 0.337 e. The molecule has 0 bridgehead atoms. The van der Waals surface area contributed by atoms with Gasteiger partial charge in [0.25, 0.3) is 11.8 Å². The van der Waals surface area contributed by atoms with E-state index >= 15 is 0 Å². The quantitative estimate of drug-likeness (QED) is 0.848. The zero-order valence-electron chi connectivity index (χ0n) is 10.2. The van der Waals surface area contributed by atoms with Crippen molar-refractivity contribution in [2.75, 3.05) is 4.90 Å². The molecule has 0 fully saturated rings. The predicted octanol–water partition coefficient (Wildman–Crippen LogP) is 2.36. The predicted molar refractivity (Wildman–Crippen MR) is 72.0 cm³/mol. The van der Waals surface area contributed by atoms with Gasteiger partial charge in [0.05, 0.1) is 11.3 Å². The first-order valence-corrected chi connectivity index (χ1v) is 6.23. The van der Waals surface area contributed by atoms with E-state index in [1.807, 2.05) is 0 Å². The van der Waals surface area contributed by atoms with Crippen LogP contribution in [0, 0.1) is 0 Å². The number of anilines is 1. The minimum atomic E-state index is -1.20. The summed E-state index contributed by atoms with van der Waals surface area (Å²) in [4.78, 5) is 36.3. The number of hydrogen-bond acceptors (Lipinski definition) is 3. The Balaban J connectivity index is 2.65. The molecular weight excluding hydrogens is 314 g/mol. The summed E-state index contributed by atoms with van der Waals surface area (Å²) in [6.07, 6.45) is 0. The van der Waals surface area contributed by atoms with E-state index in [0.717, 1.165) is 4.90 Å². The van der Waals surface area contributed by atoms with Crippen molar-refractivity contribution in [3.63, 3.8) is 0 Å². The number of imide groups is 1. The van der Waals surface area contributed by atoms with Gasteiger partial charge in [0, 0.05) is 15.6 Å². The van der Waals surface area contributed by atoms with Crippen molar-refractivity contribution in [1.29, 1.82) is 0 Å². The Morgan fingerprint density at radius 2 is 1.68 bits per heavy atom. The molecule has 0 aliphatic carbocycles. The molecule has 1 aliphatic heterocycles. The van der Waals surface area contributed by atoms with Gasteiger partial charge >= 0.3 is 5.97 Å². The maximum atomic E-state index is 12.1. The molecular formula is C13H10BrNO4. The van der Waals surface area contributed by atoms with Crippen LogP contribution in [0.1, 0.15) is 24.2 Å². The molecule has 5 nitrogen and oxygen atoms in total. The van der Waals surface area contributed by atoms with Gasteiger partial charge < -0.3 is 5.11 Å². The van der Waals surface area contributed by atoms with Gasteiger partial charge in [-0.2, -0.15) is 0 Å². The number of carboxylic acid groups (broad SMARTS) is 1. The summed E-state index contributed by atoms with van der Waals surface area (Å²) in [7, 11) is 0. The maximum absolute atomic E-state index is 12.1. The highest BCUT2D eigenvalue weighted by atomic mass is 79.9. The van der Waals surface area contributed by atoms with Gasteiger partial charge in [-0.3, -0.25) is 9.59 Å². The van der Waals surface area contributed by atoms with Gasteiger partial charge in [0.1, 0.15) is 0 Å². The Hall–Kier alpha value is -1.95. The lowest BCUT2D eigenvalue weighted by Gasteiger charge is -2.18. The van der Waals surface area contributed by atoms with Gasteiger partial charge in [0.15, 0.2) is 0 Å². The van der Waals surface area contributed by atoms with Crippen LogP contribution in [-0.2, 0) is 9.59 Å². The second-order valence-corrected chi connectivity index (χ2v) is 4.99. The number of para-hydroxylation sites is 1. The lowest BCUT2D eigenvalue weighted by Crippen LogP contribution is -2.33. The number of halogens is 1. The molecule has 0 atom stereocenters. The molecule has 2 amide bonds. The van der Waals surface area contributed by atoms with Crippen molar-refractivity contribution in [3.8, 4) is 0 Å². The summed E-state index contributed by atoms with van der Waals surface area (Å²) < 4.78 is 0.386. The van der Waals surface area contributed by atoms with E-state index < -0.39 is 17.8 Å². The van der Waals surface area contributed by atoms with E-state index in [2.05, 4.69) is 15.9 Å². The third kappa shape index (κ3) is 1.98. The van der Waals surface area contributed by atoms with Crippen LogP contribution in [0.15, 0.2) is 33.8 Å². The van der Waals surface area contributed by atoms with E-state index in [0.29, 0.717) is 15.6 Å². The molecule has 1 aromatic rings. The average Bonchev–Trinajstić information content (AvgIpc) is 2.54. The summed E-state index contributed by atoms with van der Waals surface area (Å²) in [5, 5.41) is 9.17. The third-order valence-electron chi connectivity index (χ3n) is 3.05. The number of rotatable bonds is 2. The van der Waals surface area contributed by atoms with E-state index in [1.54, 1.807) is 19.9 Å². The van der Waals surface area contributed by atoms with E-state index in [4.69, 9.17) is 0 Å². The van der Waals surface area contributed by atoms with Crippen LogP contribution in [0.4, 0.5) is 5.69 Å². The van der Waals surface area contributed by atoms with Crippen molar-refractivity contribution in [2.45, 2.75) is 13.8 Å². The average molecular weight is 324 g/mol. The summed E-state index contributed by atoms with van der Waals surface area (Å²) >= 11 is 3.19. The molecule has 0 radical (unpaired) electrons. The van der Waals surface area contributed by atoms with Crippen LogP contribution < -0.4 is 4.90 Å². The maximum Gasteiger partial charge on any atom is 0.337 e. The fraction of sp³-hybridized carbons (Fsp3) is 0.154. The number of carbonyl (C=O) groups is 3. The Bertz CT molecular complexity index is 624. The minimum Gasteiger partial charge on any atom is -0.478 e. The number of hydrogen-bond donors (Lipinski definition) is 1. The molecule has 6 heteroatoms. The number of nitrogens with zero attached hydrogens (tertiary/aromatic N) is 1. The van der Waals surface area contributed by atoms with Gasteiger partial charge in [-0.15, -0.1) is 0 Å². The number of benzene rings is 1. The SMILES string of the molecule is CC1=C(C)C(=O)N(c2c(Br)cccc2C(=O)O)C1=O. The standard InChI is InChI=1S/C13H10BrNO4/c1-6-7(2)12(17)15(11(6)16)10-8(13(18)19)4-3-5-9(10)14/h3-5H,1-2H3,(H,18,19). The monoisotopic (exact) mass is 323 g/mol. The summed E-state index contributed by atoms with van der Waals surface area (Å²) in [5.74, 6) is -2.17. The third-order valence-corrected chi connectivity index (χ3v) is 3.69. The van der Waals surface area contributed by atoms with Gasteiger partial charge in [-0.1, -0.05) is 6.07 Å². The van der Waals surface area contributed by atoms with Crippen LogP contribution in [0.3, 0.4) is 0 Å². The molecule has 2 rings (SSSR count). The molecule has 0 saturated heterocycles. The first-order valence-electron chi connectivity index (χ1n) is 5.44. The Labute approximate surface area is 117 Å². The molecule has 0 saturated carbocycles. The van der Waals surface area contributed by atoms with E-state index in [1.165, 1.54) is 12.1 Å². The van der Waals surface area contributed by atoms with Crippen LogP contribution in [-0.4, -0.2) is 22.9 Å². The fourth-order valence-electron chi connectivity index (χ4n) is 1.87. The first-order chi connectivity index (χ1) is 8.86. The Kier molecular flexibility index (Phi) is 3.28. The van der Waals surface area contributed by atoms with Crippen molar-refractivity contribution in [2.24, 2.45) is 0 Å². The highest BCUT2D eigenvalue weighted by molar-refractivity contribution is 9.10. The number of carboxylic acids is 1. The second kappa shape index (κ2) is 4.62. The molecule has 1 aromatic carbocycles. The van der Waals surface area contributed by atoms with E-state index in [9.17, 15) is 19.5 Å². The normalized spacial score (nSPS) is 15.4. The number of carbonyl (C=O) groups excluding carboxylic acids is 2. The van der Waals surface area contributed by atoms with Gasteiger partial charge in [-0.05, 0) is 41.9 Å². The zero-order valence-corrected chi connectivity index (χ0v) is 11.8. The van der Waals surface area contributed by atoms with Crippen LogP contribution in [0.2, 0.25) is 0 Å². The molecule has 1 N–H and O–H groups in total. The summed E-state index contributed by atoms with van der Waals surface area (Å²) in [5.41, 5.74) is 0.633. The van der Waals surface area contributed by atoms with E-state index in [-0.39, 0.29) is 11.3 Å². The minimum absolute atomic E-state index is 0.0706. The molecule has 98 valence electrons. The molecule has 1 aliphatic rings. The topological polar surface area (TPSA) is 74.7 Å². The molecule has 0 unspecified atom stereocenters. The summed E-state index contributed by atoms with van der Waals surface area (Å²) in [6.45, 7) is 3.10. The second-order valence-electron chi connectivity index (χ2n) is 4.14. The van der Waals surface area contributed by atoms with Gasteiger partial charge in [-0.25, -0.2) is 9.69 Å². The Morgan fingerprint density at radius 1 is 1.16 bits per heavy atom. The van der Waals surface area contributed by atoms with Crippen LogP contribution in [0.25, 0.3) is 0 Å². The van der Waals surface area contributed by atoms with Crippen LogP contribution >= 0.6 is 15.9 Å².